The Morgan fingerprint density at radius 2 is 2.09 bits per heavy atom. The van der Waals surface area contributed by atoms with E-state index < -0.39 is 0 Å². The van der Waals surface area contributed by atoms with Crippen molar-refractivity contribution in [3.63, 3.8) is 0 Å². The van der Waals surface area contributed by atoms with Crippen LogP contribution in [0.3, 0.4) is 0 Å². The normalized spacial score (nSPS) is 22.5. The van der Waals surface area contributed by atoms with Crippen LogP contribution in [0.2, 0.25) is 0 Å². The summed E-state index contributed by atoms with van der Waals surface area (Å²) in [6, 6.07) is 8.90. The summed E-state index contributed by atoms with van der Waals surface area (Å²) >= 11 is 0. The average molecular weight is 304 g/mol. The molecule has 1 N–H and O–H groups in total. The number of benzene rings is 1. The maximum atomic E-state index is 11.9. The first-order valence-electron chi connectivity index (χ1n) is 8.12. The molecule has 122 valence electrons. The van der Waals surface area contributed by atoms with Crippen molar-refractivity contribution < 1.29 is 9.53 Å². The van der Waals surface area contributed by atoms with Gasteiger partial charge in [0.1, 0.15) is 6.10 Å². The fourth-order valence-electron chi connectivity index (χ4n) is 2.90. The fraction of sp³-hybridized carbons (Fsp3) is 0.611. The Labute approximate surface area is 133 Å². The zero-order chi connectivity index (χ0) is 16.1. The molecule has 1 heterocycles. The van der Waals surface area contributed by atoms with Crippen LogP contribution in [0.15, 0.2) is 24.3 Å². The largest absolute Gasteiger partial charge is 0.364 e. The van der Waals surface area contributed by atoms with Crippen LogP contribution in [0.1, 0.15) is 30.9 Å². The van der Waals surface area contributed by atoms with Gasteiger partial charge >= 0.3 is 0 Å². The van der Waals surface area contributed by atoms with E-state index in [1.54, 1.807) is 19.0 Å². The van der Waals surface area contributed by atoms with Gasteiger partial charge in [0.05, 0.1) is 6.10 Å². The van der Waals surface area contributed by atoms with Crippen LogP contribution in [-0.2, 0) is 16.0 Å². The molecule has 22 heavy (non-hydrogen) atoms. The van der Waals surface area contributed by atoms with E-state index in [0.717, 1.165) is 25.8 Å². The third-order valence-electron chi connectivity index (χ3n) is 4.31. The van der Waals surface area contributed by atoms with Gasteiger partial charge in [-0.25, -0.2) is 0 Å². The second-order valence-corrected chi connectivity index (χ2v) is 6.50. The molecule has 0 radical (unpaired) electrons. The van der Waals surface area contributed by atoms with Crippen molar-refractivity contribution in [3.8, 4) is 0 Å². The number of hydrogen-bond acceptors (Lipinski definition) is 3. The van der Waals surface area contributed by atoms with E-state index in [4.69, 9.17) is 4.74 Å². The molecule has 0 bridgehead atoms. The number of ether oxygens (including phenoxy) is 1. The molecule has 0 aromatic heterocycles. The molecular formula is C18H28N2O2. The minimum Gasteiger partial charge on any atom is -0.364 e. The highest BCUT2D eigenvalue weighted by Crippen LogP contribution is 2.20. The van der Waals surface area contributed by atoms with E-state index in [0.29, 0.717) is 6.04 Å². The molecule has 1 fully saturated rings. The first-order valence-corrected chi connectivity index (χ1v) is 8.12. The van der Waals surface area contributed by atoms with E-state index in [-0.39, 0.29) is 18.1 Å². The summed E-state index contributed by atoms with van der Waals surface area (Å²) in [5, 5.41) is 3.54. The molecule has 1 aromatic rings. The molecular weight excluding hydrogens is 276 g/mol. The lowest BCUT2D eigenvalue weighted by atomic mass is 10.0. The van der Waals surface area contributed by atoms with Crippen molar-refractivity contribution in [1.29, 1.82) is 0 Å². The molecule has 1 aliphatic heterocycles. The monoisotopic (exact) mass is 304 g/mol. The van der Waals surface area contributed by atoms with Crippen molar-refractivity contribution in [3.05, 3.63) is 35.4 Å². The second-order valence-electron chi connectivity index (χ2n) is 6.50. The molecule has 1 saturated heterocycles. The molecule has 0 aliphatic carbocycles. The van der Waals surface area contributed by atoms with Crippen molar-refractivity contribution in [2.24, 2.45) is 0 Å². The van der Waals surface area contributed by atoms with Crippen LogP contribution in [0, 0.1) is 6.92 Å². The Morgan fingerprint density at radius 3 is 2.77 bits per heavy atom. The van der Waals surface area contributed by atoms with Crippen LogP contribution >= 0.6 is 0 Å². The number of carbonyl (C=O) groups is 1. The van der Waals surface area contributed by atoms with Crippen LogP contribution < -0.4 is 5.32 Å². The van der Waals surface area contributed by atoms with Gasteiger partial charge < -0.3 is 15.0 Å². The molecule has 4 nitrogen and oxygen atoms in total. The number of aryl methyl sites for hydroxylation is 1. The quantitative estimate of drug-likeness (QED) is 0.875. The first-order chi connectivity index (χ1) is 10.5. The minimum absolute atomic E-state index is 0.0791. The van der Waals surface area contributed by atoms with Gasteiger partial charge in [0.2, 0.25) is 0 Å². The van der Waals surface area contributed by atoms with Crippen molar-refractivity contribution in [2.75, 3.05) is 20.6 Å². The molecule has 4 heteroatoms. The lowest BCUT2D eigenvalue weighted by molar-refractivity contribution is -0.140. The second kappa shape index (κ2) is 7.75. The van der Waals surface area contributed by atoms with E-state index in [9.17, 15) is 4.79 Å². The number of rotatable bonds is 6. The molecule has 1 amide bonds. The van der Waals surface area contributed by atoms with E-state index in [2.05, 4.69) is 43.4 Å². The Kier molecular flexibility index (Phi) is 5.98. The lowest BCUT2D eigenvalue weighted by Gasteiger charge is -2.20. The van der Waals surface area contributed by atoms with Crippen LogP contribution in [0.5, 0.6) is 0 Å². The summed E-state index contributed by atoms with van der Waals surface area (Å²) in [5.74, 6) is 0.0791. The molecule has 1 aliphatic rings. The zero-order valence-electron chi connectivity index (χ0n) is 14.1. The van der Waals surface area contributed by atoms with Gasteiger partial charge in [-0.3, -0.25) is 4.79 Å². The van der Waals surface area contributed by atoms with Crippen LogP contribution in [0.25, 0.3) is 0 Å². The van der Waals surface area contributed by atoms with Crippen molar-refractivity contribution in [2.45, 2.75) is 51.4 Å². The van der Waals surface area contributed by atoms with Crippen molar-refractivity contribution >= 4 is 5.91 Å². The van der Waals surface area contributed by atoms with Gasteiger partial charge in [-0.1, -0.05) is 24.3 Å². The Balaban J connectivity index is 1.75. The Bertz CT molecular complexity index is 502. The van der Waals surface area contributed by atoms with E-state index >= 15 is 0 Å². The zero-order valence-corrected chi connectivity index (χ0v) is 14.1. The van der Waals surface area contributed by atoms with E-state index in [1.807, 2.05) is 0 Å². The van der Waals surface area contributed by atoms with Gasteiger partial charge in [-0.05, 0) is 44.2 Å². The number of carbonyl (C=O) groups excluding carboxylic acids is 1. The molecule has 2 rings (SSSR count). The maximum Gasteiger partial charge on any atom is 0.251 e. The number of hydrogen-bond donors (Lipinski definition) is 1. The summed E-state index contributed by atoms with van der Waals surface area (Å²) < 4.78 is 5.86. The van der Waals surface area contributed by atoms with Gasteiger partial charge in [0.25, 0.3) is 5.91 Å². The SMILES string of the molecule is Cc1ccccc1C[C@H](C)NC[C@@H]1CC[C@H](C(=O)N(C)C)O1. The minimum atomic E-state index is -0.256. The Morgan fingerprint density at radius 1 is 1.36 bits per heavy atom. The van der Waals surface area contributed by atoms with Gasteiger partial charge in [-0.2, -0.15) is 0 Å². The van der Waals surface area contributed by atoms with Crippen LogP contribution in [-0.4, -0.2) is 49.7 Å². The topological polar surface area (TPSA) is 41.6 Å². The number of nitrogens with one attached hydrogen (secondary N) is 1. The number of likely N-dealkylation sites (N-methyl/N-ethyl adjacent to an activating group) is 1. The Hall–Kier alpha value is -1.39. The summed E-state index contributed by atoms with van der Waals surface area (Å²) in [5.41, 5.74) is 2.72. The first kappa shape index (κ1) is 17.0. The molecule has 0 unspecified atom stereocenters. The number of amides is 1. The number of nitrogens with zero attached hydrogens (tertiary/aromatic N) is 1. The maximum absolute atomic E-state index is 11.9. The third kappa shape index (κ3) is 4.55. The van der Waals surface area contributed by atoms with Crippen LogP contribution in [0.4, 0.5) is 0 Å². The summed E-state index contributed by atoms with van der Waals surface area (Å²) in [7, 11) is 3.56. The van der Waals surface area contributed by atoms with E-state index in [1.165, 1.54) is 11.1 Å². The molecule has 3 atom stereocenters. The van der Waals surface area contributed by atoms with Gasteiger partial charge in [0.15, 0.2) is 0 Å². The van der Waals surface area contributed by atoms with Gasteiger partial charge in [-0.15, -0.1) is 0 Å². The molecule has 1 aromatic carbocycles. The average Bonchev–Trinajstić information content (AvgIpc) is 2.95. The highest BCUT2D eigenvalue weighted by atomic mass is 16.5. The fourth-order valence-corrected chi connectivity index (χ4v) is 2.90. The summed E-state index contributed by atoms with van der Waals surface area (Å²) in [4.78, 5) is 13.5. The molecule has 0 saturated carbocycles. The van der Waals surface area contributed by atoms with Crippen molar-refractivity contribution in [1.82, 2.24) is 10.2 Å². The third-order valence-corrected chi connectivity index (χ3v) is 4.31. The standard InChI is InChI=1S/C18H28N2O2/c1-13-7-5-6-8-15(13)11-14(2)19-12-16-9-10-17(22-16)18(21)20(3)4/h5-8,14,16-17,19H,9-12H2,1-4H3/t14-,16-,17+/m0/s1. The smallest absolute Gasteiger partial charge is 0.251 e. The highest BCUT2D eigenvalue weighted by Gasteiger charge is 2.31. The summed E-state index contributed by atoms with van der Waals surface area (Å²) in [6.07, 6.45) is 2.69. The predicted octanol–water partition coefficient (Wildman–Crippen LogP) is 2.15. The lowest BCUT2D eigenvalue weighted by Crippen LogP contribution is -2.37. The summed E-state index contributed by atoms with van der Waals surface area (Å²) in [6.45, 7) is 5.16. The predicted molar refractivity (Wildman–Crippen MR) is 88.9 cm³/mol. The van der Waals surface area contributed by atoms with Gasteiger partial charge in [0, 0.05) is 26.7 Å². The highest BCUT2D eigenvalue weighted by molar-refractivity contribution is 5.80. The molecule has 0 spiro atoms.